The molecule has 0 aromatic rings. The van der Waals surface area contributed by atoms with E-state index in [9.17, 15) is 38.4 Å². The molecule has 0 aliphatic heterocycles. The van der Waals surface area contributed by atoms with Gasteiger partial charge in [-0.3, -0.25) is 38.4 Å². The summed E-state index contributed by atoms with van der Waals surface area (Å²) in [6.07, 6.45) is 1.37. The van der Waals surface area contributed by atoms with Crippen molar-refractivity contribution in [2.75, 3.05) is 44.7 Å². The molecule has 0 bridgehead atoms. The van der Waals surface area contributed by atoms with Crippen LogP contribution in [0.5, 0.6) is 0 Å². The first-order valence-corrected chi connectivity index (χ1v) is 14.8. The van der Waals surface area contributed by atoms with Gasteiger partial charge in [0.1, 0.15) is 0 Å². The first-order valence-electron chi connectivity index (χ1n) is 13.5. The number of rotatable bonds is 17. The minimum absolute atomic E-state index is 0.0176. The van der Waals surface area contributed by atoms with Crippen LogP contribution < -0.4 is 31.9 Å². The number of Topliss-reactive ketones (excluding diaryl/α,β-unsaturated/α-hetero) is 1. The molecule has 0 aliphatic rings. The molecule has 0 fully saturated rings. The second kappa shape index (κ2) is 37.6. The van der Waals surface area contributed by atoms with Crippen molar-refractivity contribution in [1.82, 2.24) is 31.9 Å². The third-order valence-electron chi connectivity index (χ3n) is 4.10. The number of nitrogens with one attached hydrogen (secondary N) is 6. The van der Waals surface area contributed by atoms with Gasteiger partial charge < -0.3 is 42.1 Å². The molecule has 2 unspecified atom stereocenters. The number of aliphatic carboxylic acids is 2. The maximum atomic E-state index is 11.0. The van der Waals surface area contributed by atoms with Crippen LogP contribution in [0.25, 0.3) is 0 Å². The third kappa shape index (κ3) is 51.4. The van der Waals surface area contributed by atoms with Crippen LogP contribution in [0.4, 0.5) is 0 Å². The van der Waals surface area contributed by atoms with Crippen LogP contribution in [0.15, 0.2) is 0 Å². The Labute approximate surface area is 270 Å². The largest absolute Gasteiger partial charge is 0.481 e. The predicted octanol–water partition coefficient (Wildman–Crippen LogP) is -1.16. The zero-order chi connectivity index (χ0) is 35.5. The van der Waals surface area contributed by atoms with E-state index < -0.39 is 11.9 Å². The number of thiol groups is 2. The quantitative estimate of drug-likeness (QED) is 0.0652. The number of amides is 5. The van der Waals surface area contributed by atoms with Crippen LogP contribution in [0, 0.1) is 5.92 Å². The summed E-state index contributed by atoms with van der Waals surface area (Å²) in [5, 5.41) is 30.4. The summed E-state index contributed by atoms with van der Waals surface area (Å²) in [6, 6.07) is 0.198. The van der Waals surface area contributed by atoms with E-state index in [1.54, 1.807) is 34.7 Å². The molecule has 0 aromatic carbocycles. The normalized spacial score (nSPS) is 10.3. The van der Waals surface area contributed by atoms with Gasteiger partial charge in [-0.05, 0) is 20.9 Å². The van der Waals surface area contributed by atoms with E-state index in [0.717, 1.165) is 0 Å². The Balaban J connectivity index is -0.000000151. The van der Waals surface area contributed by atoms with Crippen LogP contribution >= 0.6 is 25.3 Å². The zero-order valence-corrected chi connectivity index (χ0v) is 28.4. The standard InChI is InChI=1S/C8H14N2O3.C6H12N2O2S.C6H14N2OS.2C3H6O2/c1-6(2)7(12)3-10-8(13)4-9-5-11;1-5(3-11)8-6(10)2-7-4-9;1-5(4-10)8-6(9)3-7-2;2*1-2-3(4)5/h5-6H,3-4H2,1-2H3,(H,9,11)(H,10,13);4-5,11H,2-3H2,1H3,(H,7,9)(H,8,10);5,7,10H,3-4H2,1-2H3,(H,8,9);2*2H2,1H3,(H,4,5). The minimum Gasteiger partial charge on any atom is -0.481 e. The Kier molecular flexibility index (Phi) is 43.0. The van der Waals surface area contributed by atoms with E-state index >= 15 is 0 Å². The SMILES string of the molecule is CC(C)C(=O)CNC(=O)CNC=O.CC(CS)NC(=O)CNC=O.CCC(=O)O.CCC(=O)O.CNCC(=O)NC(C)CS. The molecule has 0 rings (SSSR count). The van der Waals surface area contributed by atoms with Crippen molar-refractivity contribution in [2.45, 2.75) is 66.5 Å². The first-order chi connectivity index (χ1) is 20.5. The van der Waals surface area contributed by atoms with E-state index in [2.05, 4.69) is 57.2 Å². The summed E-state index contributed by atoms with van der Waals surface area (Å²) in [5.41, 5.74) is 0. The fourth-order valence-electron chi connectivity index (χ4n) is 1.62. The monoisotopic (exact) mass is 672 g/mol. The van der Waals surface area contributed by atoms with Crippen LogP contribution in [0.3, 0.4) is 0 Å². The van der Waals surface area contributed by atoms with Gasteiger partial charge in [0.15, 0.2) is 5.78 Å². The highest BCUT2D eigenvalue weighted by Gasteiger charge is 2.08. The van der Waals surface area contributed by atoms with Crippen molar-refractivity contribution in [3.05, 3.63) is 0 Å². The maximum Gasteiger partial charge on any atom is 0.303 e. The van der Waals surface area contributed by atoms with Crippen molar-refractivity contribution in [2.24, 2.45) is 5.92 Å². The lowest BCUT2D eigenvalue weighted by atomic mass is 10.1. The molecule has 0 saturated carbocycles. The number of carboxylic acid groups (broad SMARTS) is 2. The predicted molar refractivity (Wildman–Crippen MR) is 174 cm³/mol. The molecular weight excluding hydrogens is 620 g/mol. The van der Waals surface area contributed by atoms with Crippen LogP contribution in [-0.2, 0) is 38.4 Å². The molecule has 8 N–H and O–H groups in total. The van der Waals surface area contributed by atoms with Crippen LogP contribution in [0.2, 0.25) is 0 Å². The Bertz CT molecular complexity index is 806. The van der Waals surface area contributed by atoms with Crippen molar-refractivity contribution < 1.29 is 48.6 Å². The van der Waals surface area contributed by atoms with Crippen LogP contribution in [-0.4, -0.2) is 115 Å². The molecule has 0 aliphatic carbocycles. The van der Waals surface area contributed by atoms with Gasteiger partial charge in [-0.15, -0.1) is 0 Å². The van der Waals surface area contributed by atoms with E-state index in [0.29, 0.717) is 30.9 Å². The summed E-state index contributed by atoms with van der Waals surface area (Å²) in [4.78, 5) is 81.8. The lowest BCUT2D eigenvalue weighted by molar-refractivity contribution is -0.137. The summed E-state index contributed by atoms with van der Waals surface area (Å²) >= 11 is 8.00. The van der Waals surface area contributed by atoms with Gasteiger partial charge in [0.05, 0.1) is 26.2 Å². The molecule has 0 heterocycles. The van der Waals surface area contributed by atoms with Gasteiger partial charge in [-0.25, -0.2) is 0 Å². The third-order valence-corrected chi connectivity index (χ3v) is 5.20. The molecule has 2 atom stereocenters. The maximum absolute atomic E-state index is 11.0. The number of hydrogen-bond acceptors (Lipinski definition) is 11. The number of carbonyl (C=O) groups excluding carboxylic acids is 6. The molecule has 0 aromatic heterocycles. The molecule has 18 heteroatoms. The van der Waals surface area contributed by atoms with Crippen molar-refractivity contribution in [3.8, 4) is 0 Å². The fourth-order valence-corrected chi connectivity index (χ4v) is 1.81. The highest BCUT2D eigenvalue weighted by Crippen LogP contribution is 1.91. The van der Waals surface area contributed by atoms with Crippen molar-refractivity contribution in [3.63, 3.8) is 0 Å². The van der Waals surface area contributed by atoms with E-state index in [1.807, 2.05) is 13.8 Å². The average Bonchev–Trinajstić information content (AvgIpc) is 2.98. The van der Waals surface area contributed by atoms with Gasteiger partial charge in [0.25, 0.3) is 0 Å². The number of ketones is 1. The highest BCUT2D eigenvalue weighted by molar-refractivity contribution is 7.80. The topological polar surface area (TPSA) is 249 Å². The molecule has 16 nitrogen and oxygen atoms in total. The van der Waals surface area contributed by atoms with Gasteiger partial charge in [0, 0.05) is 42.3 Å². The molecule has 258 valence electrons. The molecule has 0 saturated heterocycles. The molecule has 0 spiro atoms. The Morgan fingerprint density at radius 3 is 1.27 bits per heavy atom. The molecule has 5 amide bonds. The van der Waals surface area contributed by atoms with Crippen molar-refractivity contribution >= 4 is 73.5 Å². The number of carboxylic acids is 2. The lowest BCUT2D eigenvalue weighted by Crippen LogP contribution is -2.39. The summed E-state index contributed by atoms with van der Waals surface area (Å²) in [7, 11) is 1.74. The summed E-state index contributed by atoms with van der Waals surface area (Å²) in [6.45, 7) is 10.8. The van der Waals surface area contributed by atoms with Gasteiger partial charge >= 0.3 is 11.9 Å². The van der Waals surface area contributed by atoms with Gasteiger partial charge in [0.2, 0.25) is 30.5 Å². The lowest BCUT2D eigenvalue weighted by Gasteiger charge is -2.09. The highest BCUT2D eigenvalue weighted by atomic mass is 32.1. The van der Waals surface area contributed by atoms with Crippen molar-refractivity contribution in [1.29, 1.82) is 0 Å². The van der Waals surface area contributed by atoms with Crippen LogP contribution in [0.1, 0.15) is 54.4 Å². The summed E-state index contributed by atoms with van der Waals surface area (Å²) in [5.74, 6) is -0.875. The molecule has 44 heavy (non-hydrogen) atoms. The number of hydrogen-bond donors (Lipinski definition) is 10. The van der Waals surface area contributed by atoms with E-state index in [-0.39, 0.29) is 74.0 Å². The Morgan fingerprint density at radius 1 is 0.659 bits per heavy atom. The van der Waals surface area contributed by atoms with Gasteiger partial charge in [-0.1, -0.05) is 27.7 Å². The number of likely N-dealkylation sites (N-methyl/N-ethyl adjacent to an activating group) is 1. The molecule has 0 radical (unpaired) electrons. The minimum atomic E-state index is -0.745. The summed E-state index contributed by atoms with van der Waals surface area (Å²) < 4.78 is 0. The Hall–Kier alpha value is -3.38. The second-order valence-corrected chi connectivity index (χ2v) is 9.45. The fraction of sp³-hybridized carbons (Fsp3) is 0.692. The zero-order valence-electron chi connectivity index (χ0n) is 26.6. The second-order valence-electron chi connectivity index (χ2n) is 8.72. The first kappa shape index (κ1) is 50.3. The molecular formula is C26H52N6O10S2. The average molecular weight is 673 g/mol. The van der Waals surface area contributed by atoms with E-state index in [1.165, 1.54) is 0 Å². The van der Waals surface area contributed by atoms with Gasteiger partial charge in [-0.2, -0.15) is 25.3 Å². The Morgan fingerprint density at radius 2 is 1.00 bits per heavy atom. The number of carbonyl (C=O) groups is 8. The smallest absolute Gasteiger partial charge is 0.303 e. The van der Waals surface area contributed by atoms with E-state index in [4.69, 9.17) is 10.2 Å².